The summed E-state index contributed by atoms with van der Waals surface area (Å²) in [5.41, 5.74) is 0.936. The zero-order valence-corrected chi connectivity index (χ0v) is 15.5. The van der Waals surface area contributed by atoms with E-state index in [0.29, 0.717) is 12.4 Å². The number of unbranched alkanes of at least 4 members (excludes halogenated alkanes) is 3. The number of hydrogen-bond donors (Lipinski definition) is 0. The normalized spacial score (nSPS) is 11.8. The molecule has 2 aromatic rings. The van der Waals surface area contributed by atoms with Gasteiger partial charge in [0.2, 0.25) is 0 Å². The van der Waals surface area contributed by atoms with E-state index in [9.17, 15) is 9.18 Å². The van der Waals surface area contributed by atoms with Crippen LogP contribution in [0.5, 0.6) is 5.75 Å². The van der Waals surface area contributed by atoms with Gasteiger partial charge in [0, 0.05) is 6.07 Å². The van der Waals surface area contributed by atoms with E-state index in [1.165, 1.54) is 18.6 Å². The van der Waals surface area contributed by atoms with Crippen molar-refractivity contribution in [2.45, 2.75) is 58.7 Å². The Morgan fingerprint density at radius 1 is 1.08 bits per heavy atom. The first kappa shape index (κ1) is 20.0. The Bertz CT molecular complexity index is 685. The molecule has 2 aromatic carbocycles. The van der Waals surface area contributed by atoms with Gasteiger partial charge in [-0.15, -0.1) is 0 Å². The van der Waals surface area contributed by atoms with Gasteiger partial charge >= 0.3 is 5.97 Å². The second-order valence-electron chi connectivity index (χ2n) is 6.48. The molecule has 0 N–H and O–H groups in total. The molecule has 0 aliphatic rings. The molecule has 0 bridgehead atoms. The number of hydrogen-bond acceptors (Lipinski definition) is 3. The van der Waals surface area contributed by atoms with Crippen LogP contribution in [0.15, 0.2) is 48.5 Å². The van der Waals surface area contributed by atoms with Gasteiger partial charge in [0.05, 0.1) is 11.7 Å². The van der Waals surface area contributed by atoms with Crippen molar-refractivity contribution in [2.75, 3.05) is 0 Å². The SMILES string of the molecule is CCCCCC[C@@H](C)OC(=O)c1ccc(OCc2ccccc2)cc1F. The molecule has 0 saturated carbocycles. The second kappa shape index (κ2) is 10.6. The van der Waals surface area contributed by atoms with Crippen LogP contribution in [0.4, 0.5) is 4.39 Å². The lowest BCUT2D eigenvalue weighted by Gasteiger charge is -2.14. The largest absolute Gasteiger partial charge is 0.489 e. The molecule has 0 fully saturated rings. The summed E-state index contributed by atoms with van der Waals surface area (Å²) in [6, 6.07) is 13.9. The van der Waals surface area contributed by atoms with Gasteiger partial charge in [0.1, 0.15) is 18.2 Å². The standard InChI is InChI=1S/C22H27FO3/c1-3-4-5-7-10-17(2)26-22(24)20-14-13-19(15-21(20)23)25-16-18-11-8-6-9-12-18/h6,8-9,11-15,17H,3-5,7,10,16H2,1-2H3/t17-/m1/s1. The van der Waals surface area contributed by atoms with E-state index in [2.05, 4.69) is 6.92 Å². The molecule has 3 nitrogen and oxygen atoms in total. The van der Waals surface area contributed by atoms with Crippen molar-refractivity contribution in [2.24, 2.45) is 0 Å². The van der Waals surface area contributed by atoms with Crippen LogP contribution in [0.2, 0.25) is 0 Å². The Labute approximate surface area is 155 Å². The van der Waals surface area contributed by atoms with E-state index in [1.807, 2.05) is 37.3 Å². The van der Waals surface area contributed by atoms with Gasteiger partial charge in [-0.3, -0.25) is 0 Å². The highest BCUT2D eigenvalue weighted by Gasteiger charge is 2.17. The number of esters is 1. The molecule has 0 aromatic heterocycles. The average molecular weight is 358 g/mol. The van der Waals surface area contributed by atoms with Gasteiger partial charge < -0.3 is 9.47 Å². The summed E-state index contributed by atoms with van der Waals surface area (Å²) in [7, 11) is 0. The summed E-state index contributed by atoms with van der Waals surface area (Å²) < 4.78 is 25.2. The Morgan fingerprint density at radius 3 is 2.54 bits per heavy atom. The minimum absolute atomic E-state index is 0.0579. The van der Waals surface area contributed by atoms with Crippen molar-refractivity contribution in [3.8, 4) is 5.75 Å². The fraction of sp³-hybridized carbons (Fsp3) is 0.409. The van der Waals surface area contributed by atoms with Crippen LogP contribution >= 0.6 is 0 Å². The van der Waals surface area contributed by atoms with Gasteiger partial charge in [0.25, 0.3) is 0 Å². The minimum Gasteiger partial charge on any atom is -0.489 e. The summed E-state index contributed by atoms with van der Waals surface area (Å²) in [6.07, 6.45) is 5.06. The topological polar surface area (TPSA) is 35.5 Å². The first-order valence-electron chi connectivity index (χ1n) is 9.27. The van der Waals surface area contributed by atoms with E-state index in [4.69, 9.17) is 9.47 Å². The first-order valence-corrected chi connectivity index (χ1v) is 9.27. The highest BCUT2D eigenvalue weighted by Crippen LogP contribution is 2.20. The minimum atomic E-state index is -0.626. The Hall–Kier alpha value is -2.36. The smallest absolute Gasteiger partial charge is 0.341 e. The molecule has 0 saturated heterocycles. The Balaban J connectivity index is 1.86. The molecule has 26 heavy (non-hydrogen) atoms. The Kier molecular flexibility index (Phi) is 8.13. The summed E-state index contributed by atoms with van der Waals surface area (Å²) in [4.78, 5) is 12.2. The molecule has 0 aliphatic carbocycles. The molecular weight excluding hydrogens is 331 g/mol. The third kappa shape index (κ3) is 6.51. The number of carbonyl (C=O) groups excluding carboxylic acids is 1. The van der Waals surface area contributed by atoms with Gasteiger partial charge in [0.15, 0.2) is 0 Å². The molecule has 1 atom stereocenters. The third-order valence-corrected chi connectivity index (χ3v) is 4.18. The van der Waals surface area contributed by atoms with Gasteiger partial charge in [-0.25, -0.2) is 9.18 Å². The van der Waals surface area contributed by atoms with E-state index in [0.717, 1.165) is 31.2 Å². The van der Waals surface area contributed by atoms with Gasteiger partial charge in [-0.2, -0.15) is 0 Å². The first-order chi connectivity index (χ1) is 12.6. The highest BCUT2D eigenvalue weighted by atomic mass is 19.1. The molecule has 0 amide bonds. The van der Waals surface area contributed by atoms with E-state index in [1.54, 1.807) is 6.07 Å². The van der Waals surface area contributed by atoms with Crippen LogP contribution in [0, 0.1) is 5.82 Å². The molecule has 2 rings (SSSR count). The molecule has 4 heteroatoms. The lowest BCUT2D eigenvalue weighted by atomic mass is 10.1. The maximum atomic E-state index is 14.2. The fourth-order valence-electron chi connectivity index (χ4n) is 2.66. The third-order valence-electron chi connectivity index (χ3n) is 4.18. The van der Waals surface area contributed by atoms with E-state index >= 15 is 0 Å². The van der Waals surface area contributed by atoms with Crippen LogP contribution in [-0.2, 0) is 11.3 Å². The van der Waals surface area contributed by atoms with Gasteiger partial charge in [-0.05, 0) is 37.5 Å². The van der Waals surface area contributed by atoms with Crippen molar-refractivity contribution >= 4 is 5.97 Å². The van der Waals surface area contributed by atoms with Crippen LogP contribution < -0.4 is 4.74 Å². The number of halogens is 1. The lowest BCUT2D eigenvalue weighted by molar-refractivity contribution is 0.0314. The summed E-state index contributed by atoms with van der Waals surface area (Å²) in [6.45, 7) is 4.34. The zero-order valence-electron chi connectivity index (χ0n) is 15.5. The maximum absolute atomic E-state index is 14.2. The molecular formula is C22H27FO3. The van der Waals surface area contributed by atoms with Crippen molar-refractivity contribution in [1.29, 1.82) is 0 Å². The lowest BCUT2D eigenvalue weighted by Crippen LogP contribution is -2.16. The quantitative estimate of drug-likeness (QED) is 0.390. The Morgan fingerprint density at radius 2 is 1.85 bits per heavy atom. The zero-order chi connectivity index (χ0) is 18.8. The predicted molar refractivity (Wildman–Crippen MR) is 101 cm³/mol. The molecule has 0 unspecified atom stereocenters. The molecule has 0 radical (unpaired) electrons. The van der Waals surface area contributed by atoms with Crippen molar-refractivity contribution in [3.05, 3.63) is 65.5 Å². The second-order valence-corrected chi connectivity index (χ2v) is 6.48. The highest BCUT2D eigenvalue weighted by molar-refractivity contribution is 5.90. The summed E-state index contributed by atoms with van der Waals surface area (Å²) in [5, 5.41) is 0. The van der Waals surface area contributed by atoms with Crippen LogP contribution in [-0.4, -0.2) is 12.1 Å². The number of carbonyl (C=O) groups is 1. The van der Waals surface area contributed by atoms with Crippen molar-refractivity contribution in [1.82, 2.24) is 0 Å². The number of ether oxygens (including phenoxy) is 2. The predicted octanol–water partition coefficient (Wildman–Crippen LogP) is 5.92. The van der Waals surface area contributed by atoms with Crippen LogP contribution in [0.25, 0.3) is 0 Å². The maximum Gasteiger partial charge on any atom is 0.341 e. The monoisotopic (exact) mass is 358 g/mol. The molecule has 0 spiro atoms. The van der Waals surface area contributed by atoms with Crippen LogP contribution in [0.1, 0.15) is 61.9 Å². The van der Waals surface area contributed by atoms with Crippen molar-refractivity contribution in [3.63, 3.8) is 0 Å². The summed E-state index contributed by atoms with van der Waals surface area (Å²) in [5.74, 6) is -0.866. The molecule has 140 valence electrons. The number of benzene rings is 2. The fourth-order valence-corrected chi connectivity index (χ4v) is 2.66. The average Bonchev–Trinajstić information content (AvgIpc) is 2.64. The molecule has 0 aliphatic heterocycles. The number of rotatable bonds is 10. The molecule has 0 heterocycles. The summed E-state index contributed by atoms with van der Waals surface area (Å²) >= 11 is 0. The van der Waals surface area contributed by atoms with E-state index < -0.39 is 11.8 Å². The van der Waals surface area contributed by atoms with Crippen molar-refractivity contribution < 1.29 is 18.7 Å². The van der Waals surface area contributed by atoms with E-state index in [-0.39, 0.29) is 11.7 Å². The van der Waals surface area contributed by atoms with Gasteiger partial charge in [-0.1, -0.05) is 56.5 Å². The van der Waals surface area contributed by atoms with Crippen LogP contribution in [0.3, 0.4) is 0 Å².